The van der Waals surface area contributed by atoms with Crippen LogP contribution in [0.2, 0.25) is 0 Å². The molecule has 7 heteroatoms. The Balaban J connectivity index is 2.17. The highest BCUT2D eigenvalue weighted by atomic mass is 16.5. The number of ether oxygens (including phenoxy) is 1. The van der Waals surface area contributed by atoms with Gasteiger partial charge in [-0.3, -0.25) is 4.68 Å². The first kappa shape index (κ1) is 12.2. The Morgan fingerprint density at radius 1 is 1.44 bits per heavy atom. The third-order valence-electron chi connectivity index (χ3n) is 2.48. The number of hydrogen-bond donors (Lipinski definition) is 1. The van der Waals surface area contributed by atoms with E-state index in [4.69, 9.17) is 10.5 Å². The van der Waals surface area contributed by atoms with Crippen LogP contribution in [0.15, 0.2) is 18.5 Å². The largest absolute Gasteiger partial charge is 0.481 e. The van der Waals surface area contributed by atoms with Crippen LogP contribution in [0.5, 0.6) is 5.88 Å². The Labute approximate surface area is 105 Å². The number of nitrogens with two attached hydrogens (primary N) is 1. The fourth-order valence-electron chi connectivity index (χ4n) is 1.64. The van der Waals surface area contributed by atoms with Crippen LogP contribution < -0.4 is 15.4 Å². The van der Waals surface area contributed by atoms with Gasteiger partial charge in [-0.15, -0.1) is 0 Å². The van der Waals surface area contributed by atoms with Crippen LogP contribution in [0.3, 0.4) is 0 Å². The molecule has 0 aliphatic rings. The summed E-state index contributed by atoms with van der Waals surface area (Å²) in [6.45, 7) is 0.688. The molecule has 2 aromatic rings. The number of rotatable bonds is 4. The average Bonchev–Trinajstić information content (AvgIpc) is 2.73. The molecule has 96 valence electrons. The van der Waals surface area contributed by atoms with Crippen molar-refractivity contribution in [2.45, 2.75) is 6.54 Å². The van der Waals surface area contributed by atoms with Gasteiger partial charge in [-0.25, -0.2) is 0 Å². The topological polar surface area (TPSA) is 82.1 Å². The molecule has 2 heterocycles. The summed E-state index contributed by atoms with van der Waals surface area (Å²) in [6.07, 6.45) is 3.77. The van der Waals surface area contributed by atoms with E-state index in [2.05, 4.69) is 15.1 Å². The molecule has 2 N–H and O–H groups in total. The van der Waals surface area contributed by atoms with Gasteiger partial charge in [0.2, 0.25) is 11.8 Å². The molecule has 0 bridgehead atoms. The number of aryl methyl sites for hydroxylation is 1. The molecule has 0 spiro atoms. The van der Waals surface area contributed by atoms with E-state index in [0.717, 1.165) is 5.56 Å². The van der Waals surface area contributed by atoms with Crippen molar-refractivity contribution in [2.75, 3.05) is 24.8 Å². The molecule has 0 aromatic carbocycles. The Kier molecular flexibility index (Phi) is 3.31. The SMILES string of the molecule is COc1cc(N(C)Cc2cnn(C)c2)nc(N)n1. The van der Waals surface area contributed by atoms with E-state index < -0.39 is 0 Å². The molecule has 0 atom stereocenters. The summed E-state index contributed by atoms with van der Waals surface area (Å²) in [4.78, 5) is 10.1. The summed E-state index contributed by atoms with van der Waals surface area (Å²) < 4.78 is 6.83. The van der Waals surface area contributed by atoms with Gasteiger partial charge in [0, 0.05) is 38.5 Å². The Bertz CT molecular complexity index is 538. The summed E-state index contributed by atoms with van der Waals surface area (Å²) in [5, 5.41) is 4.12. The lowest BCUT2D eigenvalue weighted by Gasteiger charge is -2.17. The zero-order valence-electron chi connectivity index (χ0n) is 10.7. The normalized spacial score (nSPS) is 10.4. The lowest BCUT2D eigenvalue weighted by Crippen LogP contribution is -2.18. The maximum Gasteiger partial charge on any atom is 0.225 e. The molecule has 2 aromatic heterocycles. The molecule has 18 heavy (non-hydrogen) atoms. The highest BCUT2D eigenvalue weighted by Crippen LogP contribution is 2.18. The summed E-state index contributed by atoms with van der Waals surface area (Å²) in [7, 11) is 5.36. The average molecular weight is 248 g/mol. The van der Waals surface area contributed by atoms with Crippen LogP contribution in [0.25, 0.3) is 0 Å². The molecule has 0 unspecified atom stereocenters. The predicted molar refractivity (Wildman–Crippen MR) is 68.3 cm³/mol. The van der Waals surface area contributed by atoms with Gasteiger partial charge in [-0.05, 0) is 0 Å². The molecule has 0 aliphatic heterocycles. The molecule has 0 amide bonds. The number of nitrogens with zero attached hydrogens (tertiary/aromatic N) is 5. The van der Waals surface area contributed by atoms with E-state index >= 15 is 0 Å². The van der Waals surface area contributed by atoms with Gasteiger partial charge in [0.05, 0.1) is 13.3 Å². The van der Waals surface area contributed by atoms with Gasteiger partial charge in [0.1, 0.15) is 5.82 Å². The van der Waals surface area contributed by atoms with Gasteiger partial charge in [0.15, 0.2) is 0 Å². The van der Waals surface area contributed by atoms with Gasteiger partial charge in [-0.2, -0.15) is 15.1 Å². The van der Waals surface area contributed by atoms with Gasteiger partial charge in [0.25, 0.3) is 0 Å². The van der Waals surface area contributed by atoms with Crippen LogP contribution in [-0.2, 0) is 13.6 Å². The summed E-state index contributed by atoms with van der Waals surface area (Å²) >= 11 is 0. The standard InChI is InChI=1S/C11H16N6O/c1-16(6-8-5-13-17(2)7-8)9-4-10(18-3)15-11(12)14-9/h4-5,7H,6H2,1-3H3,(H2,12,14,15). The second kappa shape index (κ2) is 4.91. The van der Waals surface area contributed by atoms with E-state index in [1.54, 1.807) is 17.9 Å². The van der Waals surface area contributed by atoms with Crippen LogP contribution in [0.4, 0.5) is 11.8 Å². The van der Waals surface area contributed by atoms with E-state index in [0.29, 0.717) is 18.2 Å². The second-order valence-electron chi connectivity index (χ2n) is 4.01. The first-order valence-corrected chi connectivity index (χ1v) is 5.45. The molecule has 0 saturated heterocycles. The summed E-state index contributed by atoms with van der Waals surface area (Å²) in [5.74, 6) is 1.36. The summed E-state index contributed by atoms with van der Waals surface area (Å²) in [6, 6.07) is 1.74. The minimum absolute atomic E-state index is 0.197. The van der Waals surface area contributed by atoms with Crippen LogP contribution in [0, 0.1) is 0 Å². The van der Waals surface area contributed by atoms with Crippen molar-refractivity contribution in [1.29, 1.82) is 0 Å². The Morgan fingerprint density at radius 3 is 2.83 bits per heavy atom. The molecule has 0 saturated carbocycles. The first-order valence-electron chi connectivity index (χ1n) is 5.45. The molecular weight excluding hydrogens is 232 g/mol. The monoisotopic (exact) mass is 248 g/mol. The zero-order valence-corrected chi connectivity index (χ0v) is 10.7. The minimum Gasteiger partial charge on any atom is -0.481 e. The molecule has 0 fully saturated rings. The number of nitrogen functional groups attached to an aromatic ring is 1. The molecular formula is C11H16N6O. The zero-order chi connectivity index (χ0) is 13.1. The third kappa shape index (κ3) is 2.68. The highest BCUT2D eigenvalue weighted by Gasteiger charge is 2.08. The van der Waals surface area contributed by atoms with Crippen LogP contribution >= 0.6 is 0 Å². The Morgan fingerprint density at radius 2 is 2.22 bits per heavy atom. The first-order chi connectivity index (χ1) is 8.58. The number of aromatic nitrogens is 4. The maximum atomic E-state index is 5.62. The fraction of sp³-hybridized carbons (Fsp3) is 0.364. The van der Waals surface area contributed by atoms with E-state index in [1.807, 2.05) is 31.4 Å². The third-order valence-corrected chi connectivity index (χ3v) is 2.48. The molecule has 2 rings (SSSR count). The molecule has 0 aliphatic carbocycles. The number of hydrogen-bond acceptors (Lipinski definition) is 6. The van der Waals surface area contributed by atoms with Crippen molar-refractivity contribution in [2.24, 2.45) is 7.05 Å². The van der Waals surface area contributed by atoms with Gasteiger partial charge >= 0.3 is 0 Å². The molecule has 7 nitrogen and oxygen atoms in total. The van der Waals surface area contributed by atoms with Crippen molar-refractivity contribution in [3.63, 3.8) is 0 Å². The maximum absolute atomic E-state index is 5.62. The van der Waals surface area contributed by atoms with E-state index in [9.17, 15) is 0 Å². The molecule has 0 radical (unpaired) electrons. The lowest BCUT2D eigenvalue weighted by molar-refractivity contribution is 0.397. The Hall–Kier alpha value is -2.31. The minimum atomic E-state index is 0.197. The van der Waals surface area contributed by atoms with Crippen molar-refractivity contribution < 1.29 is 4.74 Å². The van der Waals surface area contributed by atoms with E-state index in [1.165, 1.54) is 0 Å². The highest BCUT2D eigenvalue weighted by molar-refractivity contribution is 5.45. The smallest absolute Gasteiger partial charge is 0.225 e. The summed E-state index contributed by atoms with van der Waals surface area (Å²) in [5.41, 5.74) is 6.72. The van der Waals surface area contributed by atoms with Crippen LogP contribution in [-0.4, -0.2) is 33.9 Å². The number of methoxy groups -OCH3 is 1. The van der Waals surface area contributed by atoms with Gasteiger partial charge < -0.3 is 15.4 Å². The van der Waals surface area contributed by atoms with Crippen LogP contribution in [0.1, 0.15) is 5.56 Å². The van der Waals surface area contributed by atoms with Crippen molar-refractivity contribution in [1.82, 2.24) is 19.7 Å². The van der Waals surface area contributed by atoms with Crippen molar-refractivity contribution in [3.05, 3.63) is 24.0 Å². The van der Waals surface area contributed by atoms with Gasteiger partial charge in [-0.1, -0.05) is 0 Å². The number of anilines is 2. The van der Waals surface area contributed by atoms with Crippen molar-refractivity contribution >= 4 is 11.8 Å². The van der Waals surface area contributed by atoms with Crippen molar-refractivity contribution in [3.8, 4) is 5.88 Å². The second-order valence-corrected chi connectivity index (χ2v) is 4.01. The lowest BCUT2D eigenvalue weighted by atomic mass is 10.3. The quantitative estimate of drug-likeness (QED) is 0.845. The fourth-order valence-corrected chi connectivity index (χ4v) is 1.64. The van der Waals surface area contributed by atoms with E-state index in [-0.39, 0.29) is 5.95 Å². The predicted octanol–water partition coefficient (Wildman–Crippen LogP) is 0.437.